The van der Waals surface area contributed by atoms with Gasteiger partial charge in [0.2, 0.25) is 10.0 Å². The maximum atomic E-state index is 11.2. The van der Waals surface area contributed by atoms with Gasteiger partial charge in [0.25, 0.3) is 0 Å². The summed E-state index contributed by atoms with van der Waals surface area (Å²) < 4.78 is 24.5. The molecule has 1 aromatic carbocycles. The summed E-state index contributed by atoms with van der Waals surface area (Å²) in [7, 11) is -3.57. The largest absolute Gasteiger partial charge is 0.506 e. The Bertz CT molecular complexity index is 402. The Hall–Kier alpha value is -1.27. The molecule has 14 heavy (non-hydrogen) atoms. The second kappa shape index (κ2) is 4.30. The minimum Gasteiger partial charge on any atom is -0.506 e. The van der Waals surface area contributed by atoms with E-state index in [1.165, 1.54) is 12.1 Å². The molecule has 0 radical (unpaired) electrons. The Morgan fingerprint density at radius 1 is 1.29 bits per heavy atom. The molecule has 0 aliphatic heterocycles. The van der Waals surface area contributed by atoms with E-state index in [4.69, 9.17) is 5.11 Å². The molecular formula is C8H11NO4S. The van der Waals surface area contributed by atoms with Crippen molar-refractivity contribution in [2.45, 2.75) is 0 Å². The van der Waals surface area contributed by atoms with Crippen LogP contribution in [-0.4, -0.2) is 31.0 Å². The smallest absolute Gasteiger partial charge is 0.235 e. The highest BCUT2D eigenvalue weighted by molar-refractivity contribution is 7.92. The predicted octanol–water partition coefficient (Wildman–Crippen LogP) is 0.126. The van der Waals surface area contributed by atoms with Gasteiger partial charge in [-0.3, -0.25) is 4.72 Å². The van der Waals surface area contributed by atoms with Crippen LogP contribution in [-0.2, 0) is 10.0 Å². The number of phenols is 1. The second-order valence-electron chi connectivity index (χ2n) is 2.66. The Kier molecular flexibility index (Phi) is 3.32. The van der Waals surface area contributed by atoms with Gasteiger partial charge in [-0.15, -0.1) is 0 Å². The Balaban J connectivity index is 2.84. The zero-order valence-corrected chi connectivity index (χ0v) is 8.16. The second-order valence-corrected chi connectivity index (χ2v) is 4.50. The Labute approximate surface area is 82.1 Å². The van der Waals surface area contributed by atoms with Crippen LogP contribution in [0.25, 0.3) is 0 Å². The van der Waals surface area contributed by atoms with Gasteiger partial charge in [-0.2, -0.15) is 0 Å². The molecule has 0 aliphatic carbocycles. The average molecular weight is 217 g/mol. The summed E-state index contributed by atoms with van der Waals surface area (Å²) in [6, 6.07) is 5.98. The zero-order valence-electron chi connectivity index (χ0n) is 7.34. The van der Waals surface area contributed by atoms with Crippen LogP contribution in [0.3, 0.4) is 0 Å². The summed E-state index contributed by atoms with van der Waals surface area (Å²) in [6.07, 6.45) is 0. The highest BCUT2D eigenvalue weighted by Crippen LogP contribution is 2.22. The molecule has 0 aromatic heterocycles. The fraction of sp³-hybridized carbons (Fsp3) is 0.250. The summed E-state index contributed by atoms with van der Waals surface area (Å²) in [5.41, 5.74) is 0.112. The van der Waals surface area contributed by atoms with Gasteiger partial charge < -0.3 is 10.2 Å². The van der Waals surface area contributed by atoms with E-state index in [2.05, 4.69) is 4.72 Å². The quantitative estimate of drug-likeness (QED) is 0.625. The third-order valence-electron chi connectivity index (χ3n) is 1.53. The summed E-state index contributed by atoms with van der Waals surface area (Å²) in [5, 5.41) is 17.7. The third-order valence-corrected chi connectivity index (χ3v) is 2.78. The van der Waals surface area contributed by atoms with E-state index < -0.39 is 16.6 Å². The number of hydrogen-bond donors (Lipinski definition) is 3. The Morgan fingerprint density at radius 3 is 2.50 bits per heavy atom. The summed E-state index contributed by atoms with van der Waals surface area (Å²) >= 11 is 0. The van der Waals surface area contributed by atoms with Gasteiger partial charge in [0.1, 0.15) is 5.75 Å². The van der Waals surface area contributed by atoms with Crippen molar-refractivity contribution >= 4 is 15.7 Å². The molecule has 0 saturated heterocycles. The van der Waals surface area contributed by atoms with E-state index in [9.17, 15) is 13.5 Å². The normalized spacial score (nSPS) is 11.2. The molecule has 3 N–H and O–H groups in total. The molecule has 0 unspecified atom stereocenters. The van der Waals surface area contributed by atoms with Crippen molar-refractivity contribution in [3.63, 3.8) is 0 Å². The molecule has 6 heteroatoms. The number of hydrogen-bond acceptors (Lipinski definition) is 4. The molecule has 0 fully saturated rings. The van der Waals surface area contributed by atoms with Crippen LogP contribution in [0.1, 0.15) is 0 Å². The number of aliphatic hydroxyl groups excluding tert-OH is 1. The van der Waals surface area contributed by atoms with Crippen LogP contribution >= 0.6 is 0 Å². The van der Waals surface area contributed by atoms with Crippen molar-refractivity contribution in [2.24, 2.45) is 0 Å². The molecule has 0 aliphatic rings. The first-order valence-corrected chi connectivity index (χ1v) is 5.60. The van der Waals surface area contributed by atoms with Gasteiger partial charge in [0.15, 0.2) is 0 Å². The minimum atomic E-state index is -3.57. The van der Waals surface area contributed by atoms with Gasteiger partial charge >= 0.3 is 0 Å². The van der Waals surface area contributed by atoms with Crippen LogP contribution in [0.5, 0.6) is 5.75 Å². The summed E-state index contributed by atoms with van der Waals surface area (Å²) in [5.74, 6) is -0.532. The first-order chi connectivity index (χ1) is 6.55. The van der Waals surface area contributed by atoms with E-state index in [0.29, 0.717) is 0 Å². The number of anilines is 1. The number of aromatic hydroxyl groups is 1. The van der Waals surface area contributed by atoms with Crippen molar-refractivity contribution in [3.05, 3.63) is 24.3 Å². The molecule has 0 heterocycles. The van der Waals surface area contributed by atoms with Crippen molar-refractivity contribution in [3.8, 4) is 5.75 Å². The fourth-order valence-corrected chi connectivity index (χ4v) is 1.75. The molecule has 1 aromatic rings. The molecule has 1 rings (SSSR count). The Morgan fingerprint density at radius 2 is 1.93 bits per heavy atom. The monoisotopic (exact) mass is 217 g/mol. The van der Waals surface area contributed by atoms with Gasteiger partial charge in [-0.25, -0.2) is 8.42 Å². The number of aliphatic hydroxyl groups is 1. The van der Waals surface area contributed by atoms with E-state index in [0.717, 1.165) is 0 Å². The first-order valence-electron chi connectivity index (χ1n) is 3.94. The molecule has 0 atom stereocenters. The van der Waals surface area contributed by atoms with Crippen LogP contribution in [0, 0.1) is 0 Å². The SMILES string of the molecule is O=S(=O)(CCO)Nc1ccccc1O. The molecular weight excluding hydrogens is 206 g/mol. The highest BCUT2D eigenvalue weighted by Gasteiger charge is 2.10. The number of rotatable bonds is 4. The lowest BCUT2D eigenvalue weighted by atomic mass is 10.3. The molecule has 0 bridgehead atoms. The standard InChI is InChI=1S/C8H11NO4S/c10-5-6-14(12,13)9-7-3-1-2-4-8(7)11/h1-4,9-11H,5-6H2. The molecule has 5 nitrogen and oxygen atoms in total. The topological polar surface area (TPSA) is 86.6 Å². The third kappa shape index (κ3) is 2.90. The van der Waals surface area contributed by atoms with Crippen LogP contribution in [0.2, 0.25) is 0 Å². The highest BCUT2D eigenvalue weighted by atomic mass is 32.2. The van der Waals surface area contributed by atoms with Gasteiger partial charge in [-0.1, -0.05) is 12.1 Å². The zero-order chi connectivity index (χ0) is 10.6. The fourth-order valence-electron chi connectivity index (χ4n) is 0.899. The van der Waals surface area contributed by atoms with E-state index in [1.54, 1.807) is 12.1 Å². The van der Waals surface area contributed by atoms with Crippen molar-refractivity contribution < 1.29 is 18.6 Å². The number of para-hydroxylation sites is 2. The number of sulfonamides is 1. The van der Waals surface area contributed by atoms with Gasteiger partial charge in [0.05, 0.1) is 18.0 Å². The maximum absolute atomic E-state index is 11.2. The van der Waals surface area contributed by atoms with E-state index in [-0.39, 0.29) is 17.2 Å². The molecule has 0 saturated carbocycles. The van der Waals surface area contributed by atoms with Crippen LogP contribution in [0.4, 0.5) is 5.69 Å². The average Bonchev–Trinajstić information content (AvgIpc) is 2.08. The number of nitrogens with one attached hydrogen (secondary N) is 1. The van der Waals surface area contributed by atoms with Crippen LogP contribution in [0.15, 0.2) is 24.3 Å². The van der Waals surface area contributed by atoms with Crippen molar-refractivity contribution in [2.75, 3.05) is 17.1 Å². The van der Waals surface area contributed by atoms with Gasteiger partial charge in [0, 0.05) is 0 Å². The lowest BCUT2D eigenvalue weighted by Gasteiger charge is -2.07. The van der Waals surface area contributed by atoms with Crippen molar-refractivity contribution in [1.29, 1.82) is 0 Å². The molecule has 0 amide bonds. The molecule has 0 spiro atoms. The minimum absolute atomic E-state index is 0.112. The van der Waals surface area contributed by atoms with E-state index >= 15 is 0 Å². The van der Waals surface area contributed by atoms with E-state index in [1.807, 2.05) is 0 Å². The molecule has 78 valence electrons. The lowest BCUT2D eigenvalue weighted by molar-refractivity contribution is 0.320. The predicted molar refractivity (Wildman–Crippen MR) is 52.6 cm³/mol. The van der Waals surface area contributed by atoms with Crippen LogP contribution < -0.4 is 4.72 Å². The number of benzene rings is 1. The van der Waals surface area contributed by atoms with Crippen molar-refractivity contribution in [1.82, 2.24) is 0 Å². The lowest BCUT2D eigenvalue weighted by Crippen LogP contribution is -2.18. The maximum Gasteiger partial charge on any atom is 0.235 e. The summed E-state index contributed by atoms with van der Waals surface area (Å²) in [4.78, 5) is 0. The first kappa shape index (κ1) is 10.8. The number of phenolic OH excluding ortho intramolecular Hbond substituents is 1. The summed E-state index contributed by atoms with van der Waals surface area (Å²) in [6.45, 7) is -0.455. The van der Waals surface area contributed by atoms with Gasteiger partial charge in [-0.05, 0) is 12.1 Å².